The molecule has 2 N–H and O–H groups in total. The summed E-state index contributed by atoms with van der Waals surface area (Å²) in [5.74, 6) is -2.40. The van der Waals surface area contributed by atoms with Crippen LogP contribution in [0.15, 0.2) is 12.2 Å². The monoisotopic (exact) mass is 267 g/mol. The Kier molecular flexibility index (Phi) is 4.65. The third-order valence-electron chi connectivity index (χ3n) is 2.55. The second-order valence-corrected chi connectivity index (χ2v) is 4.90. The van der Waals surface area contributed by atoms with Crippen LogP contribution in [0.3, 0.4) is 0 Å². The Morgan fingerprint density at radius 3 is 2.53 bits per heavy atom. The van der Waals surface area contributed by atoms with E-state index < -0.39 is 23.2 Å². The number of amides is 1. The minimum absolute atomic E-state index is 0. The summed E-state index contributed by atoms with van der Waals surface area (Å²) in [6.45, 7) is 0. The zero-order valence-electron chi connectivity index (χ0n) is 8.07. The van der Waals surface area contributed by atoms with E-state index >= 15 is 0 Å². The first-order valence-corrected chi connectivity index (χ1v) is 5.55. The minimum atomic E-state index is -1.12. The third-order valence-corrected chi connectivity index (χ3v) is 3.99. The van der Waals surface area contributed by atoms with E-state index in [0.29, 0.717) is 6.42 Å². The molecule has 2 rings (SSSR count). The van der Waals surface area contributed by atoms with Crippen molar-refractivity contribution in [1.29, 1.82) is 0 Å². The number of aliphatic carboxylic acids is 2. The topological polar surface area (TPSA) is 94.9 Å². The molecule has 8 heteroatoms. The fourth-order valence-corrected chi connectivity index (χ4v) is 3.40. The maximum absolute atomic E-state index is 11.2. The van der Waals surface area contributed by atoms with Crippen LogP contribution in [-0.4, -0.2) is 79.2 Å². The number of carbonyl (C=O) groups excluding carboxylic acids is 1. The predicted molar refractivity (Wildman–Crippen MR) is 62.0 cm³/mol. The van der Waals surface area contributed by atoms with Gasteiger partial charge < -0.3 is 15.1 Å². The predicted octanol–water partition coefficient (Wildman–Crippen LogP) is -0.894. The summed E-state index contributed by atoms with van der Waals surface area (Å²) < 4.78 is 0. The Morgan fingerprint density at radius 2 is 2.06 bits per heavy atom. The average Bonchev–Trinajstić information content (AvgIpc) is 2.47. The van der Waals surface area contributed by atoms with Crippen molar-refractivity contribution in [1.82, 2.24) is 4.90 Å². The van der Waals surface area contributed by atoms with Gasteiger partial charge in [-0.15, -0.1) is 11.8 Å². The van der Waals surface area contributed by atoms with Crippen molar-refractivity contribution < 1.29 is 24.6 Å². The summed E-state index contributed by atoms with van der Waals surface area (Å²) in [7, 11) is 0. The fraction of sp³-hybridized carbons (Fsp3) is 0.444. The normalized spacial score (nSPS) is 30.7. The van der Waals surface area contributed by atoms with Gasteiger partial charge in [-0.3, -0.25) is 4.79 Å². The summed E-state index contributed by atoms with van der Waals surface area (Å²) in [6.07, 6.45) is 2.59. The Bertz CT molecular complexity index is 399. The molecule has 0 aromatic heterocycles. The van der Waals surface area contributed by atoms with Crippen LogP contribution in [0.25, 0.3) is 0 Å². The van der Waals surface area contributed by atoms with Gasteiger partial charge in [0.25, 0.3) is 0 Å². The number of thioether (sulfide) groups is 1. The zero-order valence-corrected chi connectivity index (χ0v) is 8.88. The summed E-state index contributed by atoms with van der Waals surface area (Å²) in [5.41, 5.74) is 0. The number of fused-ring (bicyclic) bond motifs is 1. The standard InChI is InChI=1S/C9H9NO5S.Na.H/c11-5-3-6-10(5)8(9(14)15)4(16-6)1-2-7(12)13;;/h1-2,4,6,8H,3H2,(H,12,13)(H,14,15);;/b2-1+;;/t4?,6-,8?;;/m1../s1. The molecule has 1 amide bonds. The number of carboxylic acids is 2. The number of hydrogen-bond donors (Lipinski definition) is 2. The van der Waals surface area contributed by atoms with Gasteiger partial charge in [-0.2, -0.15) is 0 Å². The average molecular weight is 267 g/mol. The Hall–Kier alpha value is -0.500. The van der Waals surface area contributed by atoms with Gasteiger partial charge in [0.2, 0.25) is 5.91 Å². The first-order chi connectivity index (χ1) is 7.50. The molecule has 2 unspecified atom stereocenters. The van der Waals surface area contributed by atoms with Crippen LogP contribution >= 0.6 is 11.8 Å². The molecule has 0 aromatic carbocycles. The van der Waals surface area contributed by atoms with E-state index in [1.807, 2.05) is 0 Å². The molecule has 0 radical (unpaired) electrons. The molecule has 0 saturated carbocycles. The second-order valence-electron chi connectivity index (χ2n) is 3.54. The summed E-state index contributed by atoms with van der Waals surface area (Å²) in [4.78, 5) is 33.9. The number of carboxylic acid groups (broad SMARTS) is 2. The van der Waals surface area contributed by atoms with Crippen LogP contribution in [-0.2, 0) is 14.4 Å². The zero-order chi connectivity index (χ0) is 11.9. The Balaban J connectivity index is 0.00000144. The van der Waals surface area contributed by atoms with Gasteiger partial charge in [0, 0.05) is 6.08 Å². The van der Waals surface area contributed by atoms with E-state index in [4.69, 9.17) is 10.2 Å². The summed E-state index contributed by atoms with van der Waals surface area (Å²) >= 11 is 1.32. The first kappa shape index (κ1) is 14.6. The summed E-state index contributed by atoms with van der Waals surface area (Å²) in [5, 5.41) is 16.9. The fourth-order valence-electron chi connectivity index (χ4n) is 1.85. The number of rotatable bonds is 3. The number of carbonyl (C=O) groups is 3. The van der Waals surface area contributed by atoms with E-state index in [0.717, 1.165) is 6.08 Å². The van der Waals surface area contributed by atoms with Crippen molar-refractivity contribution in [2.45, 2.75) is 23.1 Å². The van der Waals surface area contributed by atoms with E-state index in [1.54, 1.807) is 0 Å². The van der Waals surface area contributed by atoms with Crippen LogP contribution in [0.2, 0.25) is 0 Å². The van der Waals surface area contributed by atoms with Crippen molar-refractivity contribution >= 4 is 59.2 Å². The molecule has 2 aliphatic rings. The molecule has 0 aromatic rings. The number of β-lactam (4-membered cyclic amide) rings is 1. The molecule has 2 fully saturated rings. The molecule has 2 aliphatic heterocycles. The summed E-state index contributed by atoms with van der Waals surface area (Å²) in [6, 6.07) is -0.938. The van der Waals surface area contributed by atoms with E-state index in [9.17, 15) is 14.4 Å². The maximum atomic E-state index is 11.2. The van der Waals surface area contributed by atoms with E-state index in [2.05, 4.69) is 0 Å². The van der Waals surface area contributed by atoms with Crippen LogP contribution in [0.1, 0.15) is 6.42 Å². The molecule has 88 valence electrons. The SMILES string of the molecule is O=C(O)/C=C/C1S[C@@H]2CC(=O)N2C1C(=O)O.[NaH]. The van der Waals surface area contributed by atoms with Crippen LogP contribution in [0.4, 0.5) is 0 Å². The quantitative estimate of drug-likeness (QED) is 0.391. The van der Waals surface area contributed by atoms with Gasteiger partial charge in [-0.05, 0) is 0 Å². The molecule has 6 nitrogen and oxygen atoms in total. The van der Waals surface area contributed by atoms with E-state index in [-0.39, 0.29) is 40.8 Å². The van der Waals surface area contributed by atoms with Crippen molar-refractivity contribution in [2.24, 2.45) is 0 Å². The van der Waals surface area contributed by atoms with Crippen molar-refractivity contribution in [2.75, 3.05) is 0 Å². The third kappa shape index (κ3) is 2.67. The molecule has 0 spiro atoms. The van der Waals surface area contributed by atoms with Crippen molar-refractivity contribution in [3.05, 3.63) is 12.2 Å². The number of hydrogen-bond acceptors (Lipinski definition) is 4. The van der Waals surface area contributed by atoms with Crippen molar-refractivity contribution in [3.8, 4) is 0 Å². The Labute approximate surface area is 123 Å². The molecular formula is C9H10NNaO5S. The van der Waals surface area contributed by atoms with Crippen LogP contribution in [0.5, 0.6) is 0 Å². The molecule has 3 atom stereocenters. The van der Waals surface area contributed by atoms with Gasteiger partial charge in [0.15, 0.2) is 0 Å². The van der Waals surface area contributed by atoms with Gasteiger partial charge in [-0.1, -0.05) is 6.08 Å². The van der Waals surface area contributed by atoms with Gasteiger partial charge >= 0.3 is 41.5 Å². The molecular weight excluding hydrogens is 257 g/mol. The van der Waals surface area contributed by atoms with Gasteiger partial charge in [0.05, 0.1) is 17.0 Å². The van der Waals surface area contributed by atoms with Gasteiger partial charge in [-0.25, -0.2) is 9.59 Å². The first-order valence-electron chi connectivity index (χ1n) is 4.61. The molecule has 2 saturated heterocycles. The number of nitrogens with zero attached hydrogens (tertiary/aromatic N) is 1. The molecule has 0 bridgehead atoms. The Morgan fingerprint density at radius 1 is 1.41 bits per heavy atom. The van der Waals surface area contributed by atoms with Crippen molar-refractivity contribution in [3.63, 3.8) is 0 Å². The molecule has 2 heterocycles. The van der Waals surface area contributed by atoms with Gasteiger partial charge in [0.1, 0.15) is 6.04 Å². The molecule has 0 aliphatic carbocycles. The van der Waals surface area contributed by atoms with E-state index in [1.165, 1.54) is 22.7 Å². The van der Waals surface area contributed by atoms with Crippen LogP contribution < -0.4 is 0 Å². The molecule has 17 heavy (non-hydrogen) atoms. The van der Waals surface area contributed by atoms with Crippen LogP contribution in [0, 0.1) is 0 Å². The second kappa shape index (κ2) is 5.43.